The van der Waals surface area contributed by atoms with Crippen LogP contribution in [0.2, 0.25) is 0 Å². The molecule has 1 rings (SSSR count). The number of carbonyl (C=O) groups is 1. The number of nitrogens with zero attached hydrogens (tertiary/aromatic N) is 1. The second kappa shape index (κ2) is 6.28. The minimum absolute atomic E-state index is 0.149. The highest BCUT2D eigenvalue weighted by atomic mass is 35.5. The first-order valence-electron chi connectivity index (χ1n) is 5.68. The number of rotatable bonds is 3. The number of amides is 1. The Balaban J connectivity index is 2.40. The van der Waals surface area contributed by atoms with Gasteiger partial charge in [0.2, 0.25) is 5.91 Å². The van der Waals surface area contributed by atoms with Crippen molar-refractivity contribution in [2.24, 2.45) is 0 Å². The van der Waals surface area contributed by atoms with Crippen molar-refractivity contribution in [1.82, 2.24) is 4.90 Å². The van der Waals surface area contributed by atoms with Gasteiger partial charge in [0.15, 0.2) is 0 Å². The van der Waals surface area contributed by atoms with E-state index in [0.29, 0.717) is 0 Å². The molecule has 0 saturated carbocycles. The van der Waals surface area contributed by atoms with E-state index in [2.05, 4.69) is 6.92 Å². The molecule has 1 fully saturated rings. The Hall–Kier alpha value is -0.240. The summed E-state index contributed by atoms with van der Waals surface area (Å²) >= 11 is 6.03. The molecule has 0 aromatic carbocycles. The molecule has 2 nitrogen and oxygen atoms in total. The Kier molecular flexibility index (Phi) is 5.31. The van der Waals surface area contributed by atoms with E-state index in [-0.39, 0.29) is 11.3 Å². The minimum atomic E-state index is -0.293. The van der Waals surface area contributed by atoms with Crippen LogP contribution in [0.3, 0.4) is 0 Å². The monoisotopic (exact) mass is 217 g/mol. The summed E-state index contributed by atoms with van der Waals surface area (Å²) < 4.78 is 0. The summed E-state index contributed by atoms with van der Waals surface area (Å²) in [6.07, 6.45) is 6.57. The Morgan fingerprint density at radius 2 is 1.86 bits per heavy atom. The molecule has 0 aromatic rings. The average molecular weight is 218 g/mol. The molecule has 1 aliphatic rings. The van der Waals surface area contributed by atoms with E-state index in [1.807, 2.05) is 4.90 Å². The largest absolute Gasteiger partial charge is 0.341 e. The van der Waals surface area contributed by atoms with Crippen LogP contribution in [0, 0.1) is 0 Å². The molecule has 1 saturated heterocycles. The van der Waals surface area contributed by atoms with Crippen molar-refractivity contribution >= 4 is 17.5 Å². The lowest BCUT2D eigenvalue weighted by molar-refractivity contribution is -0.130. The lowest BCUT2D eigenvalue weighted by Crippen LogP contribution is -2.37. The Morgan fingerprint density at radius 3 is 2.36 bits per heavy atom. The van der Waals surface area contributed by atoms with Crippen LogP contribution in [0.25, 0.3) is 0 Å². The molecule has 1 unspecified atom stereocenters. The average Bonchev–Trinajstić information content (AvgIpc) is 2.45. The fraction of sp³-hybridized carbons (Fsp3) is 0.909. The van der Waals surface area contributed by atoms with Crippen molar-refractivity contribution in [2.45, 2.75) is 50.8 Å². The predicted molar refractivity (Wildman–Crippen MR) is 59.6 cm³/mol. The number of hydrogen-bond donors (Lipinski definition) is 0. The molecule has 0 bridgehead atoms. The van der Waals surface area contributed by atoms with Gasteiger partial charge in [-0.1, -0.05) is 26.2 Å². The fourth-order valence-corrected chi connectivity index (χ4v) is 2.22. The van der Waals surface area contributed by atoms with Crippen LogP contribution in [-0.4, -0.2) is 29.3 Å². The van der Waals surface area contributed by atoms with Crippen molar-refractivity contribution in [3.05, 3.63) is 0 Å². The van der Waals surface area contributed by atoms with E-state index in [1.165, 1.54) is 12.8 Å². The van der Waals surface area contributed by atoms with Gasteiger partial charge in [-0.25, -0.2) is 0 Å². The summed E-state index contributed by atoms with van der Waals surface area (Å²) in [5.41, 5.74) is 0. The molecule has 1 aliphatic heterocycles. The second-order valence-corrected chi connectivity index (χ2v) is 4.52. The second-order valence-electron chi connectivity index (χ2n) is 4.00. The number of likely N-dealkylation sites (tertiary alicyclic amines) is 1. The fourth-order valence-electron chi connectivity index (χ4n) is 1.87. The lowest BCUT2D eigenvalue weighted by atomic mass is 10.2. The highest BCUT2D eigenvalue weighted by Crippen LogP contribution is 2.14. The van der Waals surface area contributed by atoms with E-state index in [9.17, 15) is 4.79 Å². The quantitative estimate of drug-likeness (QED) is 0.666. The smallest absolute Gasteiger partial charge is 0.240 e. The topological polar surface area (TPSA) is 20.3 Å². The molecule has 14 heavy (non-hydrogen) atoms. The van der Waals surface area contributed by atoms with E-state index >= 15 is 0 Å². The highest BCUT2D eigenvalue weighted by molar-refractivity contribution is 6.30. The highest BCUT2D eigenvalue weighted by Gasteiger charge is 2.21. The molecule has 1 atom stereocenters. The van der Waals surface area contributed by atoms with Crippen LogP contribution in [0.5, 0.6) is 0 Å². The molecule has 3 heteroatoms. The number of halogens is 1. The van der Waals surface area contributed by atoms with E-state index in [0.717, 1.165) is 38.8 Å². The summed E-state index contributed by atoms with van der Waals surface area (Å²) in [7, 11) is 0. The normalized spacial score (nSPS) is 20.3. The minimum Gasteiger partial charge on any atom is -0.341 e. The first-order valence-corrected chi connectivity index (χ1v) is 6.12. The van der Waals surface area contributed by atoms with Crippen molar-refractivity contribution in [1.29, 1.82) is 0 Å². The number of hydrogen-bond acceptors (Lipinski definition) is 1. The molecule has 0 aromatic heterocycles. The van der Waals surface area contributed by atoms with Gasteiger partial charge in [-0.05, 0) is 19.3 Å². The van der Waals surface area contributed by atoms with Crippen LogP contribution in [0.1, 0.15) is 45.4 Å². The Morgan fingerprint density at radius 1 is 1.29 bits per heavy atom. The summed E-state index contributed by atoms with van der Waals surface area (Å²) in [5, 5.41) is -0.293. The summed E-state index contributed by atoms with van der Waals surface area (Å²) in [4.78, 5) is 13.8. The van der Waals surface area contributed by atoms with E-state index < -0.39 is 0 Å². The molecule has 0 radical (unpaired) electrons. The standard InChI is InChI=1S/C11H20ClNO/c1-2-7-10(12)11(14)13-8-5-3-4-6-9-13/h10H,2-9H2,1H3. The van der Waals surface area contributed by atoms with Crippen molar-refractivity contribution in [2.75, 3.05) is 13.1 Å². The zero-order valence-corrected chi connectivity index (χ0v) is 9.72. The van der Waals surface area contributed by atoms with Gasteiger partial charge >= 0.3 is 0 Å². The van der Waals surface area contributed by atoms with Gasteiger partial charge in [0.25, 0.3) is 0 Å². The zero-order valence-electron chi connectivity index (χ0n) is 8.97. The maximum atomic E-state index is 11.8. The van der Waals surface area contributed by atoms with Crippen LogP contribution < -0.4 is 0 Å². The molecule has 0 spiro atoms. The molecule has 0 N–H and O–H groups in total. The predicted octanol–water partition coefficient (Wildman–Crippen LogP) is 2.80. The first kappa shape index (κ1) is 11.8. The SMILES string of the molecule is CCCC(Cl)C(=O)N1CCCCCC1. The van der Waals surface area contributed by atoms with Gasteiger partial charge in [-0.15, -0.1) is 11.6 Å². The molecule has 1 heterocycles. The van der Waals surface area contributed by atoms with Gasteiger partial charge < -0.3 is 4.90 Å². The van der Waals surface area contributed by atoms with E-state index in [1.54, 1.807) is 0 Å². The van der Waals surface area contributed by atoms with Gasteiger partial charge in [0.1, 0.15) is 5.38 Å². The van der Waals surface area contributed by atoms with Crippen molar-refractivity contribution in [3.8, 4) is 0 Å². The van der Waals surface area contributed by atoms with Crippen LogP contribution in [0.15, 0.2) is 0 Å². The number of carbonyl (C=O) groups excluding carboxylic acids is 1. The Bertz CT molecular complexity index is 176. The zero-order chi connectivity index (χ0) is 10.4. The summed E-state index contributed by atoms with van der Waals surface area (Å²) in [6, 6.07) is 0. The molecule has 82 valence electrons. The number of alkyl halides is 1. The van der Waals surface area contributed by atoms with Gasteiger partial charge in [0, 0.05) is 13.1 Å². The summed E-state index contributed by atoms with van der Waals surface area (Å²) in [5.74, 6) is 0.149. The third kappa shape index (κ3) is 3.49. The maximum absolute atomic E-state index is 11.8. The third-order valence-corrected chi connectivity index (χ3v) is 3.13. The van der Waals surface area contributed by atoms with Crippen LogP contribution in [-0.2, 0) is 4.79 Å². The molecular weight excluding hydrogens is 198 g/mol. The van der Waals surface area contributed by atoms with Gasteiger partial charge in [-0.3, -0.25) is 4.79 Å². The van der Waals surface area contributed by atoms with Crippen LogP contribution >= 0.6 is 11.6 Å². The third-order valence-electron chi connectivity index (χ3n) is 2.73. The van der Waals surface area contributed by atoms with Gasteiger partial charge in [-0.2, -0.15) is 0 Å². The molecule has 0 aliphatic carbocycles. The van der Waals surface area contributed by atoms with E-state index in [4.69, 9.17) is 11.6 Å². The molecular formula is C11H20ClNO. The molecule has 1 amide bonds. The van der Waals surface area contributed by atoms with Crippen LogP contribution in [0.4, 0.5) is 0 Å². The lowest BCUT2D eigenvalue weighted by Gasteiger charge is -2.22. The first-order chi connectivity index (χ1) is 6.75. The van der Waals surface area contributed by atoms with Crippen molar-refractivity contribution < 1.29 is 4.79 Å². The van der Waals surface area contributed by atoms with Gasteiger partial charge in [0.05, 0.1) is 0 Å². The summed E-state index contributed by atoms with van der Waals surface area (Å²) in [6.45, 7) is 3.88. The maximum Gasteiger partial charge on any atom is 0.240 e. The Labute approximate surface area is 91.6 Å². The van der Waals surface area contributed by atoms with Crippen molar-refractivity contribution in [3.63, 3.8) is 0 Å².